The summed E-state index contributed by atoms with van der Waals surface area (Å²) in [6.07, 6.45) is 0. The van der Waals surface area contributed by atoms with E-state index >= 15 is 0 Å². The number of carbonyl (C=O) groups excluding carboxylic acids is 1. The van der Waals surface area contributed by atoms with Gasteiger partial charge in [0.1, 0.15) is 5.58 Å². The largest absolute Gasteiger partial charge is 0.451 e. The molecule has 0 spiro atoms. The minimum Gasteiger partial charge on any atom is -0.451 e. The lowest BCUT2D eigenvalue weighted by Gasteiger charge is -2.23. The number of amides is 1. The van der Waals surface area contributed by atoms with E-state index in [0.29, 0.717) is 12.3 Å². The predicted molar refractivity (Wildman–Crippen MR) is 83.5 cm³/mol. The Morgan fingerprint density at radius 1 is 1.25 bits per heavy atom. The molecule has 0 unspecified atom stereocenters. The highest BCUT2D eigenvalue weighted by molar-refractivity contribution is 5.96. The minimum absolute atomic E-state index is 0. The fourth-order valence-corrected chi connectivity index (χ4v) is 1.83. The van der Waals surface area contributed by atoms with Gasteiger partial charge >= 0.3 is 0 Å². The summed E-state index contributed by atoms with van der Waals surface area (Å²) in [4.78, 5) is 12.1. The zero-order chi connectivity index (χ0) is 14.2. The lowest BCUT2D eigenvalue weighted by atomic mass is 10.1. The summed E-state index contributed by atoms with van der Waals surface area (Å²) >= 11 is 0. The molecule has 0 aliphatic carbocycles. The molecule has 2 aromatic rings. The highest BCUT2D eigenvalue weighted by Crippen LogP contribution is 2.23. The molecule has 0 radical (unpaired) electrons. The first-order valence-electron chi connectivity index (χ1n) is 6.36. The summed E-state index contributed by atoms with van der Waals surface area (Å²) < 4.78 is 5.60. The maximum atomic E-state index is 12.1. The van der Waals surface area contributed by atoms with Crippen molar-refractivity contribution < 1.29 is 9.21 Å². The Balaban J connectivity index is 0.00000200. The number of carbonyl (C=O) groups is 1. The summed E-state index contributed by atoms with van der Waals surface area (Å²) in [5.41, 5.74) is 8.23. The second-order valence-electron chi connectivity index (χ2n) is 5.63. The van der Waals surface area contributed by atoms with Gasteiger partial charge in [-0.1, -0.05) is 0 Å². The van der Waals surface area contributed by atoms with Crippen molar-refractivity contribution in [3.8, 4) is 0 Å². The fraction of sp³-hybridized carbons (Fsp3) is 0.400. The molecular formula is C15H21ClN2O2. The minimum atomic E-state index is -0.443. The Hall–Kier alpha value is -1.52. The van der Waals surface area contributed by atoms with Crippen molar-refractivity contribution in [2.75, 3.05) is 6.54 Å². The molecule has 0 saturated carbocycles. The van der Waals surface area contributed by atoms with Crippen LogP contribution in [0.15, 0.2) is 22.6 Å². The zero-order valence-corrected chi connectivity index (χ0v) is 13.1. The van der Waals surface area contributed by atoms with Crippen LogP contribution in [0.5, 0.6) is 0 Å². The zero-order valence-electron chi connectivity index (χ0n) is 12.2. The Labute approximate surface area is 125 Å². The SMILES string of the molecule is Cc1cc2cc(C(=O)NC(C)(C)CN)oc2cc1C.Cl. The third-order valence-corrected chi connectivity index (χ3v) is 3.32. The van der Waals surface area contributed by atoms with Crippen LogP contribution in [0.2, 0.25) is 0 Å². The molecule has 0 aliphatic heterocycles. The first kappa shape index (κ1) is 16.5. The highest BCUT2D eigenvalue weighted by atomic mass is 35.5. The van der Waals surface area contributed by atoms with E-state index in [4.69, 9.17) is 10.2 Å². The predicted octanol–water partition coefficient (Wildman–Crippen LogP) is 2.94. The summed E-state index contributed by atoms with van der Waals surface area (Å²) in [5.74, 6) is 0.0866. The molecule has 1 heterocycles. The quantitative estimate of drug-likeness (QED) is 0.915. The average molecular weight is 297 g/mol. The Kier molecular flexibility index (Phi) is 4.84. The van der Waals surface area contributed by atoms with E-state index in [1.807, 2.05) is 39.8 Å². The van der Waals surface area contributed by atoms with Gasteiger partial charge in [0.05, 0.1) is 0 Å². The molecule has 0 saturated heterocycles. The van der Waals surface area contributed by atoms with Crippen molar-refractivity contribution in [3.05, 3.63) is 35.1 Å². The second-order valence-corrected chi connectivity index (χ2v) is 5.63. The van der Waals surface area contributed by atoms with Gasteiger partial charge < -0.3 is 15.5 Å². The first-order chi connectivity index (χ1) is 8.82. The molecule has 0 fully saturated rings. The topological polar surface area (TPSA) is 68.3 Å². The number of furan rings is 1. The molecule has 1 aromatic carbocycles. The average Bonchev–Trinajstić information content (AvgIpc) is 2.72. The monoisotopic (exact) mass is 296 g/mol. The van der Waals surface area contributed by atoms with E-state index < -0.39 is 5.54 Å². The van der Waals surface area contributed by atoms with E-state index in [1.165, 1.54) is 5.56 Å². The van der Waals surface area contributed by atoms with Crippen molar-refractivity contribution in [1.29, 1.82) is 0 Å². The number of halogens is 1. The van der Waals surface area contributed by atoms with Crippen LogP contribution >= 0.6 is 12.4 Å². The summed E-state index contributed by atoms with van der Waals surface area (Å²) in [6, 6.07) is 5.75. The van der Waals surface area contributed by atoms with Gasteiger partial charge in [0.25, 0.3) is 5.91 Å². The number of hydrogen-bond donors (Lipinski definition) is 2. The van der Waals surface area contributed by atoms with Crippen molar-refractivity contribution in [2.45, 2.75) is 33.2 Å². The van der Waals surface area contributed by atoms with Crippen LogP contribution in [0.1, 0.15) is 35.5 Å². The van der Waals surface area contributed by atoms with Gasteiger partial charge in [-0.3, -0.25) is 4.79 Å². The number of rotatable bonds is 3. The van der Waals surface area contributed by atoms with E-state index in [9.17, 15) is 4.79 Å². The van der Waals surface area contributed by atoms with Crippen LogP contribution in [0.3, 0.4) is 0 Å². The molecule has 2 rings (SSSR count). The number of nitrogens with one attached hydrogen (secondary N) is 1. The third kappa shape index (κ3) is 3.32. The fourth-order valence-electron chi connectivity index (χ4n) is 1.83. The van der Waals surface area contributed by atoms with Crippen LogP contribution in [0.25, 0.3) is 11.0 Å². The summed E-state index contributed by atoms with van der Waals surface area (Å²) in [5, 5.41) is 3.80. The van der Waals surface area contributed by atoms with Crippen molar-refractivity contribution in [2.24, 2.45) is 5.73 Å². The van der Waals surface area contributed by atoms with Crippen molar-refractivity contribution >= 4 is 29.3 Å². The van der Waals surface area contributed by atoms with Crippen molar-refractivity contribution in [1.82, 2.24) is 5.32 Å². The molecule has 1 amide bonds. The summed E-state index contributed by atoms with van der Waals surface area (Å²) in [7, 11) is 0. The Morgan fingerprint density at radius 2 is 1.85 bits per heavy atom. The first-order valence-corrected chi connectivity index (χ1v) is 6.36. The highest BCUT2D eigenvalue weighted by Gasteiger charge is 2.21. The van der Waals surface area contributed by atoms with Gasteiger partial charge in [0, 0.05) is 17.5 Å². The van der Waals surface area contributed by atoms with Crippen LogP contribution < -0.4 is 11.1 Å². The normalized spacial score (nSPS) is 11.2. The maximum absolute atomic E-state index is 12.1. The maximum Gasteiger partial charge on any atom is 0.287 e. The molecular weight excluding hydrogens is 276 g/mol. The van der Waals surface area contributed by atoms with Crippen LogP contribution in [0.4, 0.5) is 0 Å². The van der Waals surface area contributed by atoms with Crippen molar-refractivity contribution in [3.63, 3.8) is 0 Å². The third-order valence-electron chi connectivity index (χ3n) is 3.32. The number of benzene rings is 1. The van der Waals surface area contributed by atoms with Crippen LogP contribution in [-0.2, 0) is 0 Å². The van der Waals surface area contributed by atoms with Crippen LogP contribution in [0, 0.1) is 13.8 Å². The molecule has 110 valence electrons. The molecule has 0 bridgehead atoms. The standard InChI is InChI=1S/C15H20N2O2.ClH/c1-9-5-11-7-13(19-12(11)6-10(9)2)14(18)17-15(3,4)8-16;/h5-7H,8,16H2,1-4H3,(H,17,18);1H. The smallest absolute Gasteiger partial charge is 0.287 e. The van der Waals surface area contributed by atoms with E-state index in [2.05, 4.69) is 5.32 Å². The second kappa shape index (κ2) is 5.85. The van der Waals surface area contributed by atoms with Gasteiger partial charge in [0.15, 0.2) is 5.76 Å². The Morgan fingerprint density at radius 3 is 2.45 bits per heavy atom. The molecule has 1 aromatic heterocycles. The van der Waals surface area contributed by atoms with Gasteiger partial charge in [-0.15, -0.1) is 12.4 Å². The van der Waals surface area contributed by atoms with E-state index in [-0.39, 0.29) is 18.3 Å². The lowest BCUT2D eigenvalue weighted by Crippen LogP contribution is -2.48. The number of fused-ring (bicyclic) bond motifs is 1. The molecule has 20 heavy (non-hydrogen) atoms. The van der Waals surface area contributed by atoms with Crippen LogP contribution in [-0.4, -0.2) is 18.0 Å². The van der Waals surface area contributed by atoms with Gasteiger partial charge in [0.2, 0.25) is 0 Å². The van der Waals surface area contributed by atoms with E-state index in [0.717, 1.165) is 16.5 Å². The Bertz CT molecular complexity index is 593. The number of nitrogens with two attached hydrogens (primary N) is 1. The molecule has 0 atom stereocenters. The van der Waals surface area contributed by atoms with Gasteiger partial charge in [-0.05, 0) is 57.0 Å². The number of hydrogen-bond acceptors (Lipinski definition) is 3. The van der Waals surface area contributed by atoms with Gasteiger partial charge in [-0.25, -0.2) is 0 Å². The molecule has 0 aliphatic rings. The molecule has 3 N–H and O–H groups in total. The number of aryl methyl sites for hydroxylation is 2. The van der Waals surface area contributed by atoms with Gasteiger partial charge in [-0.2, -0.15) is 0 Å². The lowest BCUT2D eigenvalue weighted by molar-refractivity contribution is 0.0889. The summed E-state index contributed by atoms with van der Waals surface area (Å²) in [6.45, 7) is 8.19. The molecule has 5 heteroatoms. The van der Waals surface area contributed by atoms with E-state index in [1.54, 1.807) is 6.07 Å². The molecule has 4 nitrogen and oxygen atoms in total.